The first-order chi connectivity index (χ1) is 9.65. The van der Waals surface area contributed by atoms with Crippen molar-refractivity contribution in [3.8, 4) is 0 Å². The molecule has 0 bridgehead atoms. The van der Waals surface area contributed by atoms with E-state index in [-0.39, 0.29) is 17.8 Å². The SMILES string of the molecule is O=C(O)c1ccc2[nH]c(=O)n(Cc3cccnn3)c2c1. The van der Waals surface area contributed by atoms with Crippen molar-refractivity contribution in [2.75, 3.05) is 0 Å². The summed E-state index contributed by atoms with van der Waals surface area (Å²) in [4.78, 5) is 25.6. The van der Waals surface area contributed by atoms with Crippen LogP contribution in [0.2, 0.25) is 0 Å². The van der Waals surface area contributed by atoms with Gasteiger partial charge in [0, 0.05) is 6.20 Å². The number of carbonyl (C=O) groups is 1. The molecule has 0 radical (unpaired) electrons. The normalized spacial score (nSPS) is 10.8. The third-order valence-corrected chi connectivity index (χ3v) is 2.97. The zero-order chi connectivity index (χ0) is 14.1. The van der Waals surface area contributed by atoms with E-state index in [9.17, 15) is 9.59 Å². The Morgan fingerprint density at radius 2 is 2.20 bits per heavy atom. The van der Waals surface area contributed by atoms with Gasteiger partial charge in [-0.05, 0) is 30.3 Å². The standard InChI is InChI=1S/C13H10N4O3/c18-12(19)8-3-4-10-11(6-8)17(13(20)15-10)7-9-2-1-5-14-16-9/h1-6H,7H2,(H,15,20)(H,18,19). The number of nitrogens with one attached hydrogen (secondary N) is 1. The minimum atomic E-state index is -1.04. The molecule has 0 spiro atoms. The van der Waals surface area contributed by atoms with Crippen LogP contribution in [-0.2, 0) is 6.54 Å². The van der Waals surface area contributed by atoms with E-state index in [4.69, 9.17) is 5.11 Å². The van der Waals surface area contributed by atoms with Gasteiger partial charge < -0.3 is 10.1 Å². The van der Waals surface area contributed by atoms with Crippen LogP contribution < -0.4 is 5.69 Å². The van der Waals surface area contributed by atoms with Gasteiger partial charge in [-0.3, -0.25) is 4.57 Å². The molecule has 0 aliphatic rings. The number of benzene rings is 1. The molecule has 3 aromatic rings. The molecule has 7 nitrogen and oxygen atoms in total. The maximum Gasteiger partial charge on any atom is 0.335 e. The number of imidazole rings is 1. The lowest BCUT2D eigenvalue weighted by atomic mass is 10.2. The Morgan fingerprint density at radius 3 is 2.90 bits per heavy atom. The van der Waals surface area contributed by atoms with Gasteiger partial charge in [0.2, 0.25) is 0 Å². The molecule has 0 amide bonds. The van der Waals surface area contributed by atoms with Gasteiger partial charge in [-0.15, -0.1) is 0 Å². The minimum absolute atomic E-state index is 0.129. The lowest BCUT2D eigenvalue weighted by molar-refractivity contribution is 0.0697. The van der Waals surface area contributed by atoms with Gasteiger partial charge in [0.15, 0.2) is 0 Å². The highest BCUT2D eigenvalue weighted by molar-refractivity contribution is 5.92. The minimum Gasteiger partial charge on any atom is -0.478 e. The zero-order valence-electron chi connectivity index (χ0n) is 10.3. The molecule has 100 valence electrons. The van der Waals surface area contributed by atoms with Crippen molar-refractivity contribution >= 4 is 17.0 Å². The number of H-pyrrole nitrogens is 1. The largest absolute Gasteiger partial charge is 0.478 e. The highest BCUT2D eigenvalue weighted by Gasteiger charge is 2.11. The summed E-state index contributed by atoms with van der Waals surface area (Å²) < 4.78 is 1.44. The third kappa shape index (κ3) is 2.05. The second-order valence-electron chi connectivity index (χ2n) is 4.27. The molecule has 0 saturated carbocycles. The average Bonchev–Trinajstić information content (AvgIpc) is 2.75. The number of carboxylic acids is 1. The van der Waals surface area contributed by atoms with Crippen molar-refractivity contribution in [3.05, 3.63) is 58.3 Å². The number of carboxylic acid groups (broad SMARTS) is 1. The van der Waals surface area contributed by atoms with Crippen LogP contribution >= 0.6 is 0 Å². The predicted octanol–water partition coefficient (Wildman–Crippen LogP) is 0.866. The number of aromatic amines is 1. The molecular formula is C13H10N4O3. The van der Waals surface area contributed by atoms with Crippen molar-refractivity contribution in [2.45, 2.75) is 6.54 Å². The van der Waals surface area contributed by atoms with Crippen LogP contribution in [0.5, 0.6) is 0 Å². The van der Waals surface area contributed by atoms with E-state index in [2.05, 4.69) is 15.2 Å². The monoisotopic (exact) mass is 270 g/mol. The fourth-order valence-electron chi connectivity index (χ4n) is 2.02. The molecule has 0 saturated heterocycles. The Balaban J connectivity index is 2.14. The van der Waals surface area contributed by atoms with Crippen LogP contribution in [-0.4, -0.2) is 30.8 Å². The number of fused-ring (bicyclic) bond motifs is 1. The maximum absolute atomic E-state index is 11.9. The molecule has 0 fully saturated rings. The van der Waals surface area contributed by atoms with Crippen molar-refractivity contribution in [3.63, 3.8) is 0 Å². The molecule has 0 aliphatic carbocycles. The van der Waals surface area contributed by atoms with Gasteiger partial charge in [-0.2, -0.15) is 10.2 Å². The number of aromatic carboxylic acids is 1. The summed E-state index contributed by atoms with van der Waals surface area (Å²) in [6, 6.07) is 7.97. The smallest absolute Gasteiger partial charge is 0.335 e. The van der Waals surface area contributed by atoms with Crippen LogP contribution in [0.1, 0.15) is 16.1 Å². The summed E-state index contributed by atoms with van der Waals surface area (Å²) in [5.41, 5.74) is 1.55. The summed E-state index contributed by atoms with van der Waals surface area (Å²) in [5.74, 6) is -1.04. The van der Waals surface area contributed by atoms with E-state index in [1.54, 1.807) is 24.4 Å². The van der Waals surface area contributed by atoms with Crippen LogP contribution in [0.25, 0.3) is 11.0 Å². The predicted molar refractivity (Wildman–Crippen MR) is 70.7 cm³/mol. The van der Waals surface area contributed by atoms with Crippen LogP contribution in [0.15, 0.2) is 41.3 Å². The fourth-order valence-corrected chi connectivity index (χ4v) is 2.02. The highest BCUT2D eigenvalue weighted by Crippen LogP contribution is 2.14. The van der Waals surface area contributed by atoms with Crippen molar-refractivity contribution < 1.29 is 9.90 Å². The first-order valence-corrected chi connectivity index (χ1v) is 5.87. The zero-order valence-corrected chi connectivity index (χ0v) is 10.3. The third-order valence-electron chi connectivity index (χ3n) is 2.97. The fraction of sp³-hybridized carbons (Fsp3) is 0.0769. The molecule has 20 heavy (non-hydrogen) atoms. The van der Waals surface area contributed by atoms with Gasteiger partial charge in [-0.25, -0.2) is 9.59 Å². The molecule has 0 atom stereocenters. The Labute approximate surface area is 112 Å². The second-order valence-corrected chi connectivity index (χ2v) is 4.27. The molecule has 1 aromatic carbocycles. The molecule has 2 aromatic heterocycles. The molecule has 0 aliphatic heterocycles. The van der Waals surface area contributed by atoms with E-state index in [1.807, 2.05) is 0 Å². The number of nitrogens with zero attached hydrogens (tertiary/aromatic N) is 3. The van der Waals surface area contributed by atoms with E-state index in [0.29, 0.717) is 16.7 Å². The Morgan fingerprint density at radius 1 is 1.35 bits per heavy atom. The molecule has 3 rings (SSSR count). The van der Waals surface area contributed by atoms with Crippen molar-refractivity contribution in [1.29, 1.82) is 0 Å². The molecule has 7 heteroatoms. The maximum atomic E-state index is 11.9. The van der Waals surface area contributed by atoms with Crippen molar-refractivity contribution in [1.82, 2.24) is 19.7 Å². The molecular weight excluding hydrogens is 260 g/mol. The van der Waals surface area contributed by atoms with Gasteiger partial charge in [0.1, 0.15) is 0 Å². The first-order valence-electron chi connectivity index (χ1n) is 5.87. The van der Waals surface area contributed by atoms with Crippen LogP contribution in [0, 0.1) is 0 Å². The lowest BCUT2D eigenvalue weighted by Gasteiger charge is -2.02. The van der Waals surface area contributed by atoms with Gasteiger partial charge >= 0.3 is 11.7 Å². The van der Waals surface area contributed by atoms with Gasteiger partial charge in [0.05, 0.1) is 28.8 Å². The topological polar surface area (TPSA) is 101 Å². The summed E-state index contributed by atoms with van der Waals surface area (Å²) in [5, 5.41) is 16.7. The van der Waals surface area contributed by atoms with E-state index < -0.39 is 5.97 Å². The summed E-state index contributed by atoms with van der Waals surface area (Å²) in [6.45, 7) is 0.232. The number of hydrogen-bond donors (Lipinski definition) is 2. The molecule has 0 unspecified atom stereocenters. The lowest BCUT2D eigenvalue weighted by Crippen LogP contribution is -2.18. The number of rotatable bonds is 3. The first kappa shape index (κ1) is 12.1. The van der Waals surface area contributed by atoms with Gasteiger partial charge in [0.25, 0.3) is 0 Å². The molecule has 2 heterocycles. The summed E-state index contributed by atoms with van der Waals surface area (Å²) in [7, 11) is 0. The second kappa shape index (κ2) is 4.61. The average molecular weight is 270 g/mol. The number of hydrogen-bond acceptors (Lipinski definition) is 4. The summed E-state index contributed by atoms with van der Waals surface area (Å²) >= 11 is 0. The van der Waals surface area contributed by atoms with E-state index in [1.165, 1.54) is 16.7 Å². The summed E-state index contributed by atoms with van der Waals surface area (Å²) in [6.07, 6.45) is 1.55. The number of aromatic nitrogens is 4. The van der Waals surface area contributed by atoms with Crippen LogP contribution in [0.4, 0.5) is 0 Å². The van der Waals surface area contributed by atoms with E-state index in [0.717, 1.165) is 0 Å². The quantitative estimate of drug-likeness (QED) is 0.735. The Hall–Kier alpha value is -2.96. The van der Waals surface area contributed by atoms with Crippen LogP contribution in [0.3, 0.4) is 0 Å². The van der Waals surface area contributed by atoms with Crippen molar-refractivity contribution in [2.24, 2.45) is 0 Å². The van der Waals surface area contributed by atoms with Gasteiger partial charge in [-0.1, -0.05) is 0 Å². The highest BCUT2D eigenvalue weighted by atomic mass is 16.4. The Bertz CT molecular complexity index is 836. The Kier molecular flexibility index (Phi) is 2.79. The van der Waals surface area contributed by atoms with E-state index >= 15 is 0 Å². The molecule has 2 N–H and O–H groups in total.